The molecule has 0 saturated carbocycles. The Balaban J connectivity index is 1.91. The van der Waals surface area contributed by atoms with E-state index in [1.54, 1.807) is 24.1 Å². The zero-order valence-electron chi connectivity index (χ0n) is 9.76. The second kappa shape index (κ2) is 4.53. The van der Waals surface area contributed by atoms with E-state index in [-0.39, 0.29) is 5.25 Å². The van der Waals surface area contributed by atoms with E-state index in [0.717, 1.165) is 24.2 Å². The van der Waals surface area contributed by atoms with Gasteiger partial charge in [-0.2, -0.15) is 0 Å². The Kier molecular flexibility index (Phi) is 2.88. The molecule has 1 amide bonds. The first-order valence-electron chi connectivity index (χ1n) is 5.87. The van der Waals surface area contributed by atoms with Gasteiger partial charge in [0.1, 0.15) is 5.76 Å². The van der Waals surface area contributed by atoms with Crippen molar-refractivity contribution in [2.45, 2.75) is 18.1 Å². The maximum Gasteiger partial charge on any atom is 0.248 e. The molecule has 0 bridgehead atoms. The number of carbonyl (C=O) groups is 1. The maximum atomic E-state index is 11.2. The number of fused-ring (bicyclic) bond motifs is 1. The van der Waals surface area contributed by atoms with Crippen molar-refractivity contribution in [3.8, 4) is 0 Å². The molecule has 3 rings (SSSR count). The Hall–Kier alpha value is -1.68. The van der Waals surface area contributed by atoms with Crippen LogP contribution in [0.4, 0.5) is 0 Å². The molecule has 0 radical (unpaired) electrons. The Morgan fingerprint density at radius 1 is 1.44 bits per heavy atom. The third-order valence-corrected chi connectivity index (χ3v) is 4.43. The second-order valence-corrected chi connectivity index (χ2v) is 5.56. The fraction of sp³-hybridized carbons (Fsp3) is 0.214. The number of hydrogen-bond acceptors (Lipinski definition) is 3. The summed E-state index contributed by atoms with van der Waals surface area (Å²) in [5.74, 6) is 0.521. The van der Waals surface area contributed by atoms with Crippen molar-refractivity contribution < 1.29 is 9.53 Å². The van der Waals surface area contributed by atoms with Gasteiger partial charge in [-0.05, 0) is 25.0 Å². The first-order chi connectivity index (χ1) is 8.74. The van der Waals surface area contributed by atoms with Gasteiger partial charge in [-0.1, -0.05) is 18.2 Å². The summed E-state index contributed by atoms with van der Waals surface area (Å²) < 4.78 is 5.68. The summed E-state index contributed by atoms with van der Waals surface area (Å²) in [6.45, 7) is 0. The van der Waals surface area contributed by atoms with Crippen LogP contribution in [0.25, 0.3) is 0 Å². The highest BCUT2D eigenvalue weighted by molar-refractivity contribution is 8.04. The SMILES string of the molecule is NC(=O)C1=CC2=COC3=C(CCC=C3)SC2C=C1. The fourth-order valence-corrected chi connectivity index (χ4v) is 3.29. The monoisotopic (exact) mass is 259 g/mol. The molecule has 0 aromatic carbocycles. The van der Waals surface area contributed by atoms with E-state index in [0.29, 0.717) is 5.57 Å². The Morgan fingerprint density at radius 3 is 3.17 bits per heavy atom. The standard InChI is InChI=1S/C14H13NO2S/c15-14(16)9-5-6-12-10(7-9)8-17-11-3-1-2-4-13(11)18-12/h1,3,5-8,12H,2,4H2,(H2,15,16). The van der Waals surface area contributed by atoms with Crippen LogP contribution in [0.15, 0.2) is 58.5 Å². The van der Waals surface area contributed by atoms with Gasteiger partial charge in [0.15, 0.2) is 0 Å². The number of amides is 1. The average Bonchev–Trinajstić information content (AvgIpc) is 2.56. The van der Waals surface area contributed by atoms with Gasteiger partial charge in [0.25, 0.3) is 0 Å². The number of hydrogen-bond donors (Lipinski definition) is 1. The third kappa shape index (κ3) is 2.04. The van der Waals surface area contributed by atoms with Crippen LogP contribution < -0.4 is 5.73 Å². The first kappa shape index (κ1) is 11.4. The topological polar surface area (TPSA) is 52.3 Å². The van der Waals surface area contributed by atoms with Gasteiger partial charge in [0.05, 0.1) is 11.5 Å². The predicted molar refractivity (Wildman–Crippen MR) is 72.4 cm³/mol. The van der Waals surface area contributed by atoms with Gasteiger partial charge < -0.3 is 10.5 Å². The molecule has 0 aromatic rings. The van der Waals surface area contributed by atoms with E-state index in [4.69, 9.17) is 10.5 Å². The molecule has 18 heavy (non-hydrogen) atoms. The lowest BCUT2D eigenvalue weighted by molar-refractivity contribution is -0.114. The van der Waals surface area contributed by atoms with Gasteiger partial charge >= 0.3 is 0 Å². The van der Waals surface area contributed by atoms with Crippen LogP contribution in [0.1, 0.15) is 12.8 Å². The number of ether oxygens (including phenoxy) is 1. The number of primary amides is 1. The molecule has 3 nitrogen and oxygen atoms in total. The molecule has 4 heteroatoms. The second-order valence-electron chi connectivity index (χ2n) is 4.33. The summed E-state index contributed by atoms with van der Waals surface area (Å²) in [6, 6.07) is 0. The molecule has 0 aromatic heterocycles. The van der Waals surface area contributed by atoms with Crippen LogP contribution >= 0.6 is 11.8 Å². The van der Waals surface area contributed by atoms with E-state index in [1.807, 2.05) is 18.2 Å². The molecule has 1 heterocycles. The number of carbonyl (C=O) groups excluding carboxylic acids is 1. The molecule has 0 fully saturated rings. The van der Waals surface area contributed by atoms with Crippen LogP contribution in [0.2, 0.25) is 0 Å². The molecule has 2 aliphatic carbocycles. The molecule has 0 saturated heterocycles. The highest BCUT2D eigenvalue weighted by Gasteiger charge is 2.24. The number of thioether (sulfide) groups is 1. The summed E-state index contributed by atoms with van der Waals surface area (Å²) in [6.07, 6.45) is 13.5. The molecular formula is C14H13NO2S. The molecule has 1 atom stereocenters. The number of nitrogens with two attached hydrogens (primary N) is 1. The smallest absolute Gasteiger partial charge is 0.248 e. The van der Waals surface area contributed by atoms with Crippen molar-refractivity contribution in [1.29, 1.82) is 0 Å². The quantitative estimate of drug-likeness (QED) is 0.787. The van der Waals surface area contributed by atoms with Crippen LogP contribution in [0.5, 0.6) is 0 Å². The van der Waals surface area contributed by atoms with E-state index in [9.17, 15) is 4.79 Å². The van der Waals surface area contributed by atoms with Gasteiger partial charge in [-0.3, -0.25) is 4.79 Å². The Labute approximate surface area is 110 Å². The molecule has 2 N–H and O–H groups in total. The van der Waals surface area contributed by atoms with Crippen LogP contribution in [0.3, 0.4) is 0 Å². The fourth-order valence-electron chi connectivity index (χ4n) is 2.10. The van der Waals surface area contributed by atoms with Gasteiger partial charge in [-0.25, -0.2) is 0 Å². The van der Waals surface area contributed by atoms with Crippen molar-refractivity contribution in [2.75, 3.05) is 0 Å². The van der Waals surface area contributed by atoms with Gasteiger partial charge in [0, 0.05) is 16.1 Å². The summed E-state index contributed by atoms with van der Waals surface area (Å²) in [4.78, 5) is 12.4. The maximum absolute atomic E-state index is 11.2. The molecule has 92 valence electrons. The molecule has 0 spiro atoms. The Bertz CT molecular complexity index is 552. The van der Waals surface area contributed by atoms with Crippen molar-refractivity contribution in [3.05, 3.63) is 58.5 Å². The summed E-state index contributed by atoms with van der Waals surface area (Å²) in [7, 11) is 0. The van der Waals surface area contributed by atoms with E-state index < -0.39 is 5.91 Å². The van der Waals surface area contributed by atoms with E-state index in [2.05, 4.69) is 6.08 Å². The summed E-state index contributed by atoms with van der Waals surface area (Å²) in [5.41, 5.74) is 6.80. The minimum Gasteiger partial charge on any atom is -0.464 e. The van der Waals surface area contributed by atoms with Crippen LogP contribution in [-0.2, 0) is 9.53 Å². The zero-order valence-corrected chi connectivity index (χ0v) is 10.6. The number of rotatable bonds is 1. The van der Waals surface area contributed by atoms with Crippen LogP contribution in [-0.4, -0.2) is 11.2 Å². The normalized spacial score (nSPS) is 25.4. The molecule has 1 aliphatic heterocycles. The van der Waals surface area contributed by atoms with Crippen molar-refractivity contribution in [3.63, 3.8) is 0 Å². The van der Waals surface area contributed by atoms with Gasteiger partial charge in [0.2, 0.25) is 5.91 Å². The van der Waals surface area contributed by atoms with E-state index in [1.165, 1.54) is 4.91 Å². The minimum absolute atomic E-state index is 0.215. The van der Waals surface area contributed by atoms with E-state index >= 15 is 0 Å². The highest BCUT2D eigenvalue weighted by atomic mass is 32.2. The van der Waals surface area contributed by atoms with Crippen LogP contribution in [0, 0.1) is 0 Å². The zero-order chi connectivity index (χ0) is 12.5. The molecule has 3 aliphatic rings. The summed E-state index contributed by atoms with van der Waals surface area (Å²) >= 11 is 1.79. The third-order valence-electron chi connectivity index (χ3n) is 3.06. The highest BCUT2D eigenvalue weighted by Crippen LogP contribution is 2.40. The lowest BCUT2D eigenvalue weighted by Gasteiger charge is -2.17. The van der Waals surface area contributed by atoms with Gasteiger partial charge in [-0.15, -0.1) is 11.8 Å². The average molecular weight is 259 g/mol. The first-order valence-corrected chi connectivity index (χ1v) is 6.75. The minimum atomic E-state index is -0.405. The number of allylic oxidation sites excluding steroid dienone is 4. The lowest BCUT2D eigenvalue weighted by Crippen LogP contribution is -2.16. The van der Waals surface area contributed by atoms with Crippen molar-refractivity contribution in [2.24, 2.45) is 5.73 Å². The summed E-state index contributed by atoms with van der Waals surface area (Å²) in [5, 5.41) is 0.215. The largest absolute Gasteiger partial charge is 0.464 e. The Morgan fingerprint density at radius 2 is 2.33 bits per heavy atom. The molecular weight excluding hydrogens is 246 g/mol. The molecule has 1 unspecified atom stereocenters. The lowest BCUT2D eigenvalue weighted by atomic mass is 10.0. The van der Waals surface area contributed by atoms with Crippen molar-refractivity contribution in [1.82, 2.24) is 0 Å². The van der Waals surface area contributed by atoms with Crippen molar-refractivity contribution >= 4 is 17.7 Å². The predicted octanol–water partition coefficient (Wildman–Crippen LogP) is 2.55.